The van der Waals surface area contributed by atoms with Gasteiger partial charge < -0.3 is 20.4 Å². The lowest BCUT2D eigenvalue weighted by atomic mass is 10.0. The Labute approximate surface area is 241 Å². The van der Waals surface area contributed by atoms with Crippen molar-refractivity contribution in [1.29, 1.82) is 0 Å². The number of piperidine rings is 1. The Kier molecular flexibility index (Phi) is 9.81. The predicted molar refractivity (Wildman–Crippen MR) is 143 cm³/mol. The van der Waals surface area contributed by atoms with Gasteiger partial charge in [-0.05, 0) is 55.8 Å². The fourth-order valence-corrected chi connectivity index (χ4v) is 5.09. The molecule has 2 aliphatic heterocycles. The Morgan fingerprint density at radius 2 is 1.60 bits per heavy atom. The van der Waals surface area contributed by atoms with E-state index in [0.717, 1.165) is 37.5 Å². The molecule has 0 spiro atoms. The Hall–Kier alpha value is -3.20. The van der Waals surface area contributed by atoms with E-state index in [0.29, 0.717) is 11.9 Å². The van der Waals surface area contributed by atoms with Gasteiger partial charge in [0.25, 0.3) is 0 Å². The number of benzene rings is 2. The number of aliphatic hydroxyl groups excluding tert-OH is 1. The van der Waals surface area contributed by atoms with Crippen molar-refractivity contribution in [3.8, 4) is 0 Å². The van der Waals surface area contributed by atoms with Crippen LogP contribution in [0.3, 0.4) is 0 Å². The van der Waals surface area contributed by atoms with Gasteiger partial charge in [0.05, 0.1) is 17.7 Å². The highest BCUT2D eigenvalue weighted by atomic mass is 35.5. The number of carbonyl (C=O) groups is 1. The minimum atomic E-state index is -5.08. The summed E-state index contributed by atoms with van der Waals surface area (Å²) in [5.74, 6) is -3.71. The van der Waals surface area contributed by atoms with Crippen LogP contribution in [0.4, 0.5) is 32.2 Å². The summed E-state index contributed by atoms with van der Waals surface area (Å²) in [5.41, 5.74) is 1.46. The van der Waals surface area contributed by atoms with Crippen LogP contribution in [0.5, 0.6) is 0 Å². The molecule has 3 aromatic rings. The van der Waals surface area contributed by atoms with E-state index in [4.69, 9.17) is 21.5 Å². The van der Waals surface area contributed by atoms with E-state index in [1.165, 1.54) is 5.56 Å². The third kappa shape index (κ3) is 8.21. The number of para-hydroxylation sites is 1. The number of rotatable bonds is 5. The number of fused-ring (bicyclic) bond motifs is 1. The average molecular weight is 620 g/mol. The van der Waals surface area contributed by atoms with Gasteiger partial charge in [0, 0.05) is 36.1 Å². The van der Waals surface area contributed by atoms with Crippen LogP contribution in [-0.2, 0) is 17.5 Å². The lowest BCUT2D eigenvalue weighted by Crippen LogP contribution is -2.49. The van der Waals surface area contributed by atoms with E-state index in [9.17, 15) is 31.4 Å². The number of anilines is 1. The molecule has 0 saturated carbocycles. The van der Waals surface area contributed by atoms with E-state index in [2.05, 4.69) is 20.2 Å². The molecule has 2 atom stereocenters. The Morgan fingerprint density at radius 3 is 2.19 bits per heavy atom. The van der Waals surface area contributed by atoms with Crippen molar-refractivity contribution in [2.75, 3.05) is 31.1 Å². The monoisotopic (exact) mass is 619 g/mol. The zero-order valence-corrected chi connectivity index (χ0v) is 22.8. The molecule has 2 fully saturated rings. The maximum absolute atomic E-state index is 13.4. The largest absolute Gasteiger partial charge is 0.490 e. The summed E-state index contributed by atoms with van der Waals surface area (Å²) in [4.78, 5) is 20.6. The lowest BCUT2D eigenvalue weighted by Gasteiger charge is -2.34. The zero-order chi connectivity index (χ0) is 30.7. The molecule has 2 saturated heterocycles. The van der Waals surface area contributed by atoms with Crippen molar-refractivity contribution < 1.29 is 41.4 Å². The fraction of sp³-hybridized carbons (Fsp3) is 0.444. The van der Waals surface area contributed by atoms with Gasteiger partial charge >= 0.3 is 18.3 Å². The van der Waals surface area contributed by atoms with Gasteiger partial charge in [-0.25, -0.2) is 14.8 Å². The number of β-amino-alcohol motifs (C(OH)–C–C–N with tert-alkyl or cyclic N) is 1. The molecule has 1 unspecified atom stereocenters. The number of hydrogen-bond acceptors (Lipinski definition) is 7. The van der Waals surface area contributed by atoms with Crippen LogP contribution < -0.4 is 10.2 Å². The molecule has 15 heteroatoms. The SMILES string of the molecule is O=C(O)C(F)(F)F.O[C@@H]1CN(c2nc(C(F)(F)F)nc3ccccc23)CC1NC1CCN(Cc2ccc(Cl)cc2)CC1. The highest BCUT2D eigenvalue weighted by Crippen LogP contribution is 2.33. The van der Waals surface area contributed by atoms with Gasteiger partial charge in [-0.1, -0.05) is 35.9 Å². The summed E-state index contributed by atoms with van der Waals surface area (Å²) >= 11 is 5.97. The molecule has 228 valence electrons. The smallest absolute Gasteiger partial charge is 0.475 e. The first-order valence-electron chi connectivity index (χ1n) is 13.0. The minimum absolute atomic E-state index is 0.212. The first-order valence-corrected chi connectivity index (χ1v) is 13.4. The van der Waals surface area contributed by atoms with Crippen molar-refractivity contribution in [2.45, 2.75) is 49.9 Å². The van der Waals surface area contributed by atoms with Crippen molar-refractivity contribution in [2.24, 2.45) is 0 Å². The third-order valence-corrected chi connectivity index (χ3v) is 7.28. The van der Waals surface area contributed by atoms with Crippen LogP contribution >= 0.6 is 11.6 Å². The van der Waals surface area contributed by atoms with Crippen molar-refractivity contribution in [3.63, 3.8) is 0 Å². The molecule has 0 aliphatic carbocycles. The second kappa shape index (κ2) is 13.0. The van der Waals surface area contributed by atoms with Crippen LogP contribution in [0.1, 0.15) is 24.2 Å². The Bertz CT molecular complexity index is 1370. The van der Waals surface area contributed by atoms with E-state index < -0.39 is 30.3 Å². The molecule has 1 aromatic heterocycles. The minimum Gasteiger partial charge on any atom is -0.475 e. The van der Waals surface area contributed by atoms with Crippen LogP contribution in [0.25, 0.3) is 10.9 Å². The number of carboxylic acids is 1. The van der Waals surface area contributed by atoms with Gasteiger partial charge in [-0.2, -0.15) is 26.3 Å². The summed E-state index contributed by atoms with van der Waals surface area (Å²) in [5, 5.41) is 22.7. The summed E-state index contributed by atoms with van der Waals surface area (Å²) in [6, 6.07) is 14.5. The topological polar surface area (TPSA) is 102 Å². The van der Waals surface area contributed by atoms with Gasteiger partial charge in [0.2, 0.25) is 5.82 Å². The number of likely N-dealkylation sites (tertiary alicyclic amines) is 1. The van der Waals surface area contributed by atoms with E-state index >= 15 is 0 Å². The number of aliphatic hydroxyl groups is 1. The quantitative estimate of drug-likeness (QED) is 0.352. The van der Waals surface area contributed by atoms with Gasteiger partial charge in [-0.15, -0.1) is 0 Å². The van der Waals surface area contributed by atoms with Crippen molar-refractivity contribution in [1.82, 2.24) is 20.2 Å². The number of nitrogens with one attached hydrogen (secondary N) is 1. The molecule has 0 radical (unpaired) electrons. The molecule has 2 aromatic carbocycles. The zero-order valence-electron chi connectivity index (χ0n) is 22.0. The number of carboxylic acid groups (broad SMARTS) is 1. The summed E-state index contributed by atoms with van der Waals surface area (Å²) in [6.45, 7) is 3.32. The number of nitrogens with zero attached hydrogens (tertiary/aromatic N) is 4. The standard InChI is InChI=1S/C25H27ClF3N5O.C2HF3O2/c26-17-7-5-16(6-8-17)13-33-11-9-18(10-12-33)30-21-14-34(15-22(21)35)23-19-3-1-2-4-20(19)31-24(32-23)25(27,28)29;3-2(4,5)1(6)7/h1-8,18,21-22,30,35H,9-15H2;(H,6,7)/t21?,22-;/m1./s1. The maximum atomic E-state index is 13.4. The molecular weight excluding hydrogens is 592 g/mol. The summed E-state index contributed by atoms with van der Waals surface area (Å²) in [7, 11) is 0. The van der Waals surface area contributed by atoms with Gasteiger partial charge in [-0.3, -0.25) is 4.90 Å². The average Bonchev–Trinajstić information content (AvgIpc) is 3.29. The van der Waals surface area contributed by atoms with E-state index in [-0.39, 0.29) is 30.0 Å². The number of halogens is 7. The highest BCUT2D eigenvalue weighted by molar-refractivity contribution is 6.30. The first-order chi connectivity index (χ1) is 19.7. The molecule has 0 bridgehead atoms. The number of alkyl halides is 6. The number of aliphatic carboxylic acids is 1. The van der Waals surface area contributed by atoms with Gasteiger partial charge in [0.1, 0.15) is 5.82 Å². The molecule has 5 rings (SSSR count). The molecule has 3 N–H and O–H groups in total. The van der Waals surface area contributed by atoms with Crippen LogP contribution in [-0.4, -0.2) is 81.6 Å². The molecule has 8 nitrogen and oxygen atoms in total. The molecule has 3 heterocycles. The van der Waals surface area contributed by atoms with E-state index in [1.807, 2.05) is 24.3 Å². The maximum Gasteiger partial charge on any atom is 0.490 e. The summed E-state index contributed by atoms with van der Waals surface area (Å²) < 4.78 is 72.0. The molecular formula is C27H28ClF6N5O3. The Morgan fingerprint density at radius 1 is 0.976 bits per heavy atom. The lowest BCUT2D eigenvalue weighted by molar-refractivity contribution is -0.192. The number of hydrogen-bond donors (Lipinski definition) is 3. The summed E-state index contributed by atoms with van der Waals surface area (Å²) in [6.07, 6.45) is -8.56. The molecule has 0 amide bonds. The van der Waals surface area contributed by atoms with Crippen molar-refractivity contribution in [3.05, 3.63) is 64.9 Å². The van der Waals surface area contributed by atoms with Crippen LogP contribution in [0.15, 0.2) is 48.5 Å². The Balaban J connectivity index is 0.000000517. The number of aromatic nitrogens is 2. The first kappa shape index (κ1) is 31.7. The second-order valence-corrected chi connectivity index (χ2v) is 10.5. The second-order valence-electron chi connectivity index (χ2n) is 10.1. The third-order valence-electron chi connectivity index (χ3n) is 7.02. The van der Waals surface area contributed by atoms with Crippen LogP contribution in [0.2, 0.25) is 5.02 Å². The van der Waals surface area contributed by atoms with Crippen molar-refractivity contribution >= 4 is 34.3 Å². The van der Waals surface area contributed by atoms with Crippen LogP contribution in [0, 0.1) is 0 Å². The van der Waals surface area contributed by atoms with Gasteiger partial charge in [0.15, 0.2) is 0 Å². The molecule has 42 heavy (non-hydrogen) atoms. The fourth-order valence-electron chi connectivity index (χ4n) is 4.96. The normalized spacial score (nSPS) is 20.4. The van der Waals surface area contributed by atoms with E-state index in [1.54, 1.807) is 29.2 Å². The molecule has 2 aliphatic rings. The highest BCUT2D eigenvalue weighted by Gasteiger charge is 2.39. The predicted octanol–water partition coefficient (Wildman–Crippen LogP) is 4.74.